The van der Waals surface area contributed by atoms with Crippen molar-refractivity contribution in [1.29, 1.82) is 0 Å². The zero-order chi connectivity index (χ0) is 15.2. The molecular weight excluding hydrogens is 268 g/mol. The second-order valence-corrected chi connectivity index (χ2v) is 5.11. The molecule has 0 amide bonds. The van der Waals surface area contributed by atoms with E-state index >= 15 is 0 Å². The van der Waals surface area contributed by atoms with Crippen LogP contribution in [0.4, 0.5) is 0 Å². The lowest BCUT2D eigenvalue weighted by atomic mass is 10.1. The van der Waals surface area contributed by atoms with Crippen molar-refractivity contribution in [3.05, 3.63) is 52.1 Å². The Labute approximate surface area is 124 Å². The summed E-state index contributed by atoms with van der Waals surface area (Å²) in [5.74, 6) is 1.72. The van der Waals surface area contributed by atoms with Gasteiger partial charge in [-0.2, -0.15) is 4.98 Å². The molecule has 21 heavy (non-hydrogen) atoms. The largest absolute Gasteiger partial charge is 0.439 e. The number of aromatic amines is 1. The lowest BCUT2D eigenvalue weighted by Crippen LogP contribution is -2.11. The smallest absolute Gasteiger partial charge is 0.254 e. The van der Waals surface area contributed by atoms with Crippen LogP contribution < -0.4 is 10.3 Å². The Morgan fingerprint density at radius 3 is 2.57 bits per heavy atom. The Balaban J connectivity index is 2.12. The van der Waals surface area contributed by atoms with Gasteiger partial charge in [-0.05, 0) is 24.1 Å². The summed E-state index contributed by atoms with van der Waals surface area (Å²) < 4.78 is 10.7. The monoisotopic (exact) mass is 288 g/mol. The predicted molar refractivity (Wildman–Crippen MR) is 81.0 cm³/mol. The van der Waals surface area contributed by atoms with Crippen molar-refractivity contribution in [3.63, 3.8) is 0 Å². The number of aromatic nitrogens is 2. The third kappa shape index (κ3) is 4.43. The van der Waals surface area contributed by atoms with E-state index in [9.17, 15) is 4.79 Å². The molecule has 0 aliphatic carbocycles. The van der Waals surface area contributed by atoms with Gasteiger partial charge in [0.2, 0.25) is 5.88 Å². The molecule has 5 nitrogen and oxygen atoms in total. The van der Waals surface area contributed by atoms with E-state index in [-0.39, 0.29) is 11.5 Å². The van der Waals surface area contributed by atoms with E-state index in [2.05, 4.69) is 9.97 Å². The van der Waals surface area contributed by atoms with E-state index in [0.717, 1.165) is 6.42 Å². The number of ether oxygens (including phenoxy) is 2. The van der Waals surface area contributed by atoms with Crippen LogP contribution in [0.5, 0.6) is 11.6 Å². The average molecular weight is 288 g/mol. The summed E-state index contributed by atoms with van der Waals surface area (Å²) in [5, 5.41) is 0. The third-order valence-electron chi connectivity index (χ3n) is 3.02. The number of hydrogen-bond donors (Lipinski definition) is 1. The first-order valence-corrected chi connectivity index (χ1v) is 6.95. The molecule has 112 valence electrons. The molecule has 0 saturated carbocycles. The second-order valence-electron chi connectivity index (χ2n) is 5.11. The summed E-state index contributed by atoms with van der Waals surface area (Å²) >= 11 is 0. The number of hydrogen-bond acceptors (Lipinski definition) is 4. The first-order chi connectivity index (χ1) is 10.1. The summed E-state index contributed by atoms with van der Waals surface area (Å²) in [4.78, 5) is 18.6. The Bertz CT molecular complexity index is 633. The number of rotatable bonds is 6. The van der Waals surface area contributed by atoms with E-state index in [1.54, 1.807) is 7.11 Å². The van der Waals surface area contributed by atoms with Crippen molar-refractivity contribution in [2.24, 2.45) is 0 Å². The molecule has 0 bridgehead atoms. The standard InChI is InChI=1S/C16H20N2O3/c1-11(2)16-17-14(19)10-15(18-16)21-13-6-4-12(5-7-13)8-9-20-3/h4-7,10-11H,8-9H2,1-3H3,(H,17,18,19). The van der Waals surface area contributed by atoms with Gasteiger partial charge in [0.15, 0.2) is 0 Å². The minimum atomic E-state index is -0.208. The summed E-state index contributed by atoms with van der Waals surface area (Å²) in [7, 11) is 1.68. The van der Waals surface area contributed by atoms with Gasteiger partial charge in [0.05, 0.1) is 12.7 Å². The first-order valence-electron chi connectivity index (χ1n) is 6.95. The van der Waals surface area contributed by atoms with Crippen molar-refractivity contribution in [2.75, 3.05) is 13.7 Å². The van der Waals surface area contributed by atoms with E-state index in [1.807, 2.05) is 38.1 Å². The maximum absolute atomic E-state index is 11.6. The van der Waals surface area contributed by atoms with E-state index in [4.69, 9.17) is 9.47 Å². The van der Waals surface area contributed by atoms with Crippen molar-refractivity contribution < 1.29 is 9.47 Å². The van der Waals surface area contributed by atoms with Crippen LogP contribution in [0.3, 0.4) is 0 Å². The zero-order valence-electron chi connectivity index (χ0n) is 12.6. The molecule has 0 saturated heterocycles. The van der Waals surface area contributed by atoms with Crippen molar-refractivity contribution >= 4 is 0 Å². The Morgan fingerprint density at radius 1 is 1.24 bits per heavy atom. The van der Waals surface area contributed by atoms with Crippen LogP contribution in [0.1, 0.15) is 31.2 Å². The van der Waals surface area contributed by atoms with Crippen LogP contribution in [0.2, 0.25) is 0 Å². The highest BCUT2D eigenvalue weighted by molar-refractivity contribution is 5.30. The van der Waals surface area contributed by atoms with Gasteiger partial charge in [-0.25, -0.2) is 0 Å². The topological polar surface area (TPSA) is 64.2 Å². The van der Waals surface area contributed by atoms with Crippen LogP contribution in [0.25, 0.3) is 0 Å². The number of nitrogens with zero attached hydrogens (tertiary/aromatic N) is 1. The molecule has 0 aliphatic heterocycles. The maximum atomic E-state index is 11.6. The fourth-order valence-electron chi connectivity index (χ4n) is 1.84. The van der Waals surface area contributed by atoms with Gasteiger partial charge in [-0.3, -0.25) is 4.79 Å². The SMILES string of the molecule is COCCc1ccc(Oc2cc(=O)[nH]c(C(C)C)n2)cc1. The highest BCUT2D eigenvalue weighted by Gasteiger charge is 2.07. The Morgan fingerprint density at radius 2 is 1.95 bits per heavy atom. The van der Waals surface area contributed by atoms with Gasteiger partial charge in [-0.15, -0.1) is 0 Å². The van der Waals surface area contributed by atoms with Crippen LogP contribution in [-0.4, -0.2) is 23.7 Å². The van der Waals surface area contributed by atoms with Crippen LogP contribution in [-0.2, 0) is 11.2 Å². The molecule has 1 aromatic heterocycles. The average Bonchev–Trinajstić information content (AvgIpc) is 2.46. The molecule has 0 atom stereocenters. The van der Waals surface area contributed by atoms with E-state index in [0.29, 0.717) is 24.1 Å². The summed E-state index contributed by atoms with van der Waals surface area (Å²) in [5.41, 5.74) is 0.964. The molecule has 0 spiro atoms. The van der Waals surface area contributed by atoms with Gasteiger partial charge in [0, 0.05) is 13.0 Å². The lowest BCUT2D eigenvalue weighted by molar-refractivity contribution is 0.202. The fraction of sp³-hybridized carbons (Fsp3) is 0.375. The molecule has 2 rings (SSSR count). The molecule has 5 heteroatoms. The van der Waals surface area contributed by atoms with Crippen molar-refractivity contribution in [1.82, 2.24) is 9.97 Å². The zero-order valence-corrected chi connectivity index (χ0v) is 12.6. The molecule has 0 aliphatic rings. The van der Waals surface area contributed by atoms with Crippen molar-refractivity contribution in [2.45, 2.75) is 26.2 Å². The highest BCUT2D eigenvalue weighted by atomic mass is 16.5. The fourth-order valence-corrected chi connectivity index (χ4v) is 1.84. The lowest BCUT2D eigenvalue weighted by Gasteiger charge is -2.08. The second kappa shape index (κ2) is 7.04. The summed E-state index contributed by atoms with van der Waals surface area (Å²) in [6.07, 6.45) is 0.859. The molecule has 1 heterocycles. The summed E-state index contributed by atoms with van der Waals surface area (Å²) in [6, 6.07) is 9.03. The van der Waals surface area contributed by atoms with Crippen LogP contribution >= 0.6 is 0 Å². The molecule has 0 radical (unpaired) electrons. The minimum Gasteiger partial charge on any atom is -0.439 e. The Hall–Kier alpha value is -2.14. The molecule has 2 aromatic rings. The quantitative estimate of drug-likeness (QED) is 0.887. The van der Waals surface area contributed by atoms with Crippen molar-refractivity contribution in [3.8, 4) is 11.6 Å². The summed E-state index contributed by atoms with van der Waals surface area (Å²) in [6.45, 7) is 4.62. The van der Waals surface area contributed by atoms with Gasteiger partial charge < -0.3 is 14.5 Å². The maximum Gasteiger partial charge on any atom is 0.254 e. The molecule has 1 aromatic carbocycles. The van der Waals surface area contributed by atoms with E-state index in [1.165, 1.54) is 11.6 Å². The van der Waals surface area contributed by atoms with Gasteiger partial charge in [0.25, 0.3) is 5.56 Å². The van der Waals surface area contributed by atoms with Crippen LogP contribution in [0, 0.1) is 0 Å². The van der Waals surface area contributed by atoms with Gasteiger partial charge in [-0.1, -0.05) is 26.0 Å². The first kappa shape index (κ1) is 15.3. The molecular formula is C16H20N2O3. The van der Waals surface area contributed by atoms with Gasteiger partial charge in [0.1, 0.15) is 11.6 Å². The number of methoxy groups -OCH3 is 1. The number of benzene rings is 1. The predicted octanol–water partition coefficient (Wildman–Crippen LogP) is 2.87. The molecule has 1 N–H and O–H groups in total. The minimum absolute atomic E-state index is 0.137. The highest BCUT2D eigenvalue weighted by Crippen LogP contribution is 2.20. The third-order valence-corrected chi connectivity index (χ3v) is 3.02. The number of H-pyrrole nitrogens is 1. The van der Waals surface area contributed by atoms with E-state index < -0.39 is 0 Å². The Kier molecular flexibility index (Phi) is 5.11. The number of nitrogens with one attached hydrogen (secondary N) is 1. The molecule has 0 unspecified atom stereocenters. The van der Waals surface area contributed by atoms with Crippen LogP contribution in [0.15, 0.2) is 35.1 Å². The molecule has 0 fully saturated rings. The van der Waals surface area contributed by atoms with Gasteiger partial charge >= 0.3 is 0 Å². The normalized spacial score (nSPS) is 10.9.